The van der Waals surface area contributed by atoms with Crippen molar-refractivity contribution in [1.82, 2.24) is 0 Å². The second kappa shape index (κ2) is 4.29. The minimum Gasteiger partial charge on any atom is -0.0888 e. The molecule has 19 heavy (non-hydrogen) atoms. The molecule has 0 aromatic heterocycles. The highest BCUT2D eigenvalue weighted by molar-refractivity contribution is 7.99. The lowest BCUT2D eigenvalue weighted by Crippen LogP contribution is -1.82. The molecule has 1 heteroatoms. The fourth-order valence-corrected chi connectivity index (χ4v) is 3.60. The van der Waals surface area contributed by atoms with Gasteiger partial charge in [0.25, 0.3) is 0 Å². The average Bonchev–Trinajstić information content (AvgIpc) is 2.66. The van der Waals surface area contributed by atoms with Gasteiger partial charge in [0.15, 0.2) is 0 Å². The Balaban J connectivity index is 2.01. The van der Waals surface area contributed by atoms with Gasteiger partial charge in [-0.3, -0.25) is 0 Å². The molecule has 0 spiro atoms. The molecule has 0 fully saturated rings. The molecule has 0 bridgehead atoms. The zero-order valence-corrected chi connectivity index (χ0v) is 11.2. The molecule has 1 aliphatic heterocycles. The van der Waals surface area contributed by atoms with Crippen molar-refractivity contribution in [3.05, 3.63) is 71.8 Å². The lowest BCUT2D eigenvalue weighted by Gasteiger charge is -2.08. The highest BCUT2D eigenvalue weighted by atomic mass is 32.2. The van der Waals surface area contributed by atoms with Crippen molar-refractivity contribution < 1.29 is 0 Å². The molecular weight excluding hydrogens is 248 g/mol. The topological polar surface area (TPSA) is 0 Å². The smallest absolute Gasteiger partial charge is 0.0201 e. The quantitative estimate of drug-likeness (QED) is 0.403. The summed E-state index contributed by atoms with van der Waals surface area (Å²) in [5, 5.41) is 2.63. The molecule has 0 nitrogen and oxygen atoms in total. The van der Waals surface area contributed by atoms with Crippen molar-refractivity contribution in [3.8, 4) is 0 Å². The Morgan fingerprint density at radius 2 is 1.47 bits per heavy atom. The van der Waals surface area contributed by atoms with Gasteiger partial charge in [0.05, 0.1) is 0 Å². The number of benzene rings is 3. The Labute approximate surface area is 116 Å². The molecule has 1 heterocycles. The van der Waals surface area contributed by atoms with Crippen molar-refractivity contribution in [2.75, 3.05) is 0 Å². The Morgan fingerprint density at radius 3 is 2.47 bits per heavy atom. The SMILES string of the molecule is C1=Cc2c(ccc3ccccc23)Sc2ccccc21. The standard InChI is InChI=1S/C18H12S/c1-3-7-15-13(5-1)10-12-18-16(15)11-9-14-6-2-4-8-17(14)19-18/h1-12H. The predicted octanol–water partition coefficient (Wildman–Crippen LogP) is 5.47. The normalized spacial score (nSPS) is 12.8. The number of rotatable bonds is 0. The molecule has 4 rings (SSSR count). The fourth-order valence-electron chi connectivity index (χ4n) is 2.54. The van der Waals surface area contributed by atoms with Crippen molar-refractivity contribution in [2.24, 2.45) is 0 Å². The second-order valence-electron chi connectivity index (χ2n) is 4.67. The van der Waals surface area contributed by atoms with Crippen LogP contribution in [0.1, 0.15) is 11.1 Å². The molecule has 0 unspecified atom stereocenters. The van der Waals surface area contributed by atoms with E-state index in [1.807, 2.05) is 11.8 Å². The first-order valence-corrected chi connectivity index (χ1v) is 7.20. The Morgan fingerprint density at radius 1 is 0.632 bits per heavy atom. The van der Waals surface area contributed by atoms with Crippen LogP contribution in [0.2, 0.25) is 0 Å². The van der Waals surface area contributed by atoms with E-state index in [1.165, 1.54) is 31.7 Å². The molecule has 0 saturated carbocycles. The van der Waals surface area contributed by atoms with Crippen LogP contribution in [0, 0.1) is 0 Å². The maximum absolute atomic E-state index is 2.25. The minimum absolute atomic E-state index is 1.30. The summed E-state index contributed by atoms with van der Waals surface area (Å²) in [4.78, 5) is 2.66. The van der Waals surface area contributed by atoms with Crippen molar-refractivity contribution in [2.45, 2.75) is 9.79 Å². The third-order valence-corrected chi connectivity index (χ3v) is 4.67. The highest BCUT2D eigenvalue weighted by Gasteiger charge is 2.11. The summed E-state index contributed by atoms with van der Waals surface area (Å²) in [5.74, 6) is 0. The van der Waals surface area contributed by atoms with E-state index in [4.69, 9.17) is 0 Å². The van der Waals surface area contributed by atoms with E-state index < -0.39 is 0 Å². The van der Waals surface area contributed by atoms with Crippen LogP contribution in [0.4, 0.5) is 0 Å². The average molecular weight is 260 g/mol. The molecule has 3 aromatic carbocycles. The maximum atomic E-state index is 2.25. The third-order valence-electron chi connectivity index (χ3n) is 3.50. The van der Waals surface area contributed by atoms with E-state index >= 15 is 0 Å². The lowest BCUT2D eigenvalue weighted by atomic mass is 10.0. The van der Waals surface area contributed by atoms with Gasteiger partial charge in [0, 0.05) is 9.79 Å². The van der Waals surface area contributed by atoms with E-state index in [-0.39, 0.29) is 0 Å². The zero-order chi connectivity index (χ0) is 12.7. The summed E-state index contributed by atoms with van der Waals surface area (Å²) < 4.78 is 0. The Kier molecular flexibility index (Phi) is 2.46. The van der Waals surface area contributed by atoms with Gasteiger partial charge in [-0.25, -0.2) is 0 Å². The molecule has 1 aliphatic rings. The summed E-state index contributed by atoms with van der Waals surface area (Å²) in [6.07, 6.45) is 4.47. The molecular formula is C18H12S. The van der Waals surface area contributed by atoms with Crippen LogP contribution in [-0.2, 0) is 0 Å². The van der Waals surface area contributed by atoms with Crippen LogP contribution in [0.5, 0.6) is 0 Å². The first-order valence-electron chi connectivity index (χ1n) is 6.38. The van der Waals surface area contributed by atoms with Crippen LogP contribution >= 0.6 is 11.8 Å². The van der Waals surface area contributed by atoms with E-state index in [9.17, 15) is 0 Å². The summed E-state index contributed by atoms with van der Waals surface area (Å²) in [5.41, 5.74) is 2.63. The van der Waals surface area contributed by atoms with Gasteiger partial charge in [-0.15, -0.1) is 0 Å². The summed E-state index contributed by atoms with van der Waals surface area (Å²) in [6.45, 7) is 0. The molecule has 90 valence electrons. The largest absolute Gasteiger partial charge is 0.0888 e. The number of fused-ring (bicyclic) bond motifs is 4. The van der Waals surface area contributed by atoms with Gasteiger partial charge in [-0.05, 0) is 34.0 Å². The molecule has 0 N–H and O–H groups in total. The summed E-state index contributed by atoms with van der Waals surface area (Å²) >= 11 is 1.86. The minimum atomic E-state index is 1.30. The molecule has 0 saturated heterocycles. The van der Waals surface area contributed by atoms with Crippen molar-refractivity contribution >= 4 is 34.7 Å². The van der Waals surface area contributed by atoms with E-state index in [0.717, 1.165) is 0 Å². The van der Waals surface area contributed by atoms with Crippen LogP contribution in [0.3, 0.4) is 0 Å². The van der Waals surface area contributed by atoms with Gasteiger partial charge in [-0.2, -0.15) is 0 Å². The molecule has 3 aromatic rings. The number of hydrogen-bond acceptors (Lipinski definition) is 1. The first kappa shape index (κ1) is 10.9. The number of hydrogen-bond donors (Lipinski definition) is 0. The van der Waals surface area contributed by atoms with E-state index in [0.29, 0.717) is 0 Å². The van der Waals surface area contributed by atoms with Gasteiger partial charge >= 0.3 is 0 Å². The van der Waals surface area contributed by atoms with Crippen molar-refractivity contribution in [1.29, 1.82) is 0 Å². The highest BCUT2D eigenvalue weighted by Crippen LogP contribution is 2.39. The predicted molar refractivity (Wildman–Crippen MR) is 83.4 cm³/mol. The van der Waals surface area contributed by atoms with Crippen LogP contribution in [-0.4, -0.2) is 0 Å². The van der Waals surface area contributed by atoms with E-state index in [2.05, 4.69) is 72.8 Å². The summed E-state index contributed by atoms with van der Waals surface area (Å²) in [7, 11) is 0. The molecule has 0 amide bonds. The maximum Gasteiger partial charge on any atom is 0.0201 e. The van der Waals surface area contributed by atoms with Gasteiger partial charge < -0.3 is 0 Å². The molecule has 0 aliphatic carbocycles. The van der Waals surface area contributed by atoms with Crippen LogP contribution in [0.15, 0.2) is 70.5 Å². The summed E-state index contributed by atoms with van der Waals surface area (Å²) in [6, 6.07) is 21.6. The van der Waals surface area contributed by atoms with Crippen LogP contribution in [0.25, 0.3) is 22.9 Å². The van der Waals surface area contributed by atoms with E-state index in [1.54, 1.807) is 0 Å². The van der Waals surface area contributed by atoms with Gasteiger partial charge in [0.2, 0.25) is 0 Å². The van der Waals surface area contributed by atoms with Crippen LogP contribution < -0.4 is 0 Å². The first-order chi connectivity index (χ1) is 9.42. The lowest BCUT2D eigenvalue weighted by molar-refractivity contribution is 1.40. The Bertz CT molecular complexity index is 800. The van der Waals surface area contributed by atoms with Crippen molar-refractivity contribution in [3.63, 3.8) is 0 Å². The van der Waals surface area contributed by atoms with Gasteiger partial charge in [0.1, 0.15) is 0 Å². The zero-order valence-electron chi connectivity index (χ0n) is 10.3. The monoisotopic (exact) mass is 260 g/mol. The second-order valence-corrected chi connectivity index (χ2v) is 5.76. The van der Waals surface area contributed by atoms with Gasteiger partial charge in [-0.1, -0.05) is 72.4 Å². The Hall–Kier alpha value is -1.99. The molecule has 0 atom stereocenters. The molecule has 0 radical (unpaired) electrons. The third kappa shape index (κ3) is 1.78. The fraction of sp³-hybridized carbons (Fsp3) is 0.